The second kappa shape index (κ2) is 7.20. The first-order valence-electron chi connectivity index (χ1n) is 10.1. The molecular weight excluding hydrogens is 359 g/mol. The van der Waals surface area contributed by atoms with Crippen LogP contribution in [0.2, 0.25) is 0 Å². The average Bonchev–Trinajstić information content (AvgIpc) is 3.50. The summed E-state index contributed by atoms with van der Waals surface area (Å²) in [5.41, 5.74) is 1.00. The molecule has 1 aliphatic carbocycles. The number of ether oxygens (including phenoxy) is 1. The smallest absolute Gasteiger partial charge is 0.254 e. The van der Waals surface area contributed by atoms with Gasteiger partial charge < -0.3 is 14.5 Å². The van der Waals surface area contributed by atoms with Gasteiger partial charge in [-0.15, -0.1) is 0 Å². The fraction of sp³-hybridized carbons (Fsp3) is 0.524. The summed E-state index contributed by atoms with van der Waals surface area (Å²) in [5, 5.41) is 0. The summed E-state index contributed by atoms with van der Waals surface area (Å²) in [6.45, 7) is 3.71. The van der Waals surface area contributed by atoms with Gasteiger partial charge in [0.25, 0.3) is 5.56 Å². The monoisotopic (exact) mass is 384 g/mol. The van der Waals surface area contributed by atoms with Gasteiger partial charge >= 0.3 is 0 Å². The van der Waals surface area contributed by atoms with E-state index >= 15 is 0 Å². The zero-order valence-electron chi connectivity index (χ0n) is 15.8. The van der Waals surface area contributed by atoms with Crippen molar-refractivity contribution in [2.24, 2.45) is 11.8 Å². The maximum Gasteiger partial charge on any atom is 0.254 e. The third-order valence-corrected chi connectivity index (χ3v) is 6.29. The van der Waals surface area contributed by atoms with Crippen LogP contribution in [0.3, 0.4) is 0 Å². The molecule has 6 nitrogen and oxygen atoms in total. The number of aromatic amines is 1. The molecule has 2 aromatic rings. The van der Waals surface area contributed by atoms with Crippen molar-refractivity contribution in [1.82, 2.24) is 9.97 Å². The van der Waals surface area contributed by atoms with E-state index in [0.29, 0.717) is 25.1 Å². The summed E-state index contributed by atoms with van der Waals surface area (Å²) in [6, 6.07) is 8.62. The minimum Gasteiger partial charge on any atom is -0.378 e. The lowest BCUT2D eigenvalue weighted by atomic mass is 9.95. The first-order valence-corrected chi connectivity index (χ1v) is 10.1. The van der Waals surface area contributed by atoms with Crippen LogP contribution >= 0.6 is 0 Å². The van der Waals surface area contributed by atoms with Gasteiger partial charge in [-0.05, 0) is 48.8 Å². The SMILES string of the molecule is O=c1cc(N2CCOCC2)nc(N2CCC3C[C@@H]3[C@@H]2Cc2ccc(F)cc2)[nH]1. The topological polar surface area (TPSA) is 61.5 Å². The number of nitrogens with one attached hydrogen (secondary N) is 1. The van der Waals surface area contributed by atoms with Crippen LogP contribution in [-0.2, 0) is 11.2 Å². The van der Waals surface area contributed by atoms with E-state index in [9.17, 15) is 9.18 Å². The molecule has 3 aliphatic rings. The summed E-state index contributed by atoms with van der Waals surface area (Å²) >= 11 is 0. The number of benzene rings is 1. The van der Waals surface area contributed by atoms with Crippen molar-refractivity contribution in [3.63, 3.8) is 0 Å². The van der Waals surface area contributed by atoms with Crippen LogP contribution in [-0.4, -0.2) is 48.9 Å². The number of hydrogen-bond donors (Lipinski definition) is 1. The largest absolute Gasteiger partial charge is 0.378 e. The molecule has 2 saturated heterocycles. The Labute approximate surface area is 163 Å². The highest BCUT2D eigenvalue weighted by atomic mass is 19.1. The molecule has 3 fully saturated rings. The fourth-order valence-corrected chi connectivity index (χ4v) is 4.69. The number of morpholine rings is 1. The Kier molecular flexibility index (Phi) is 4.55. The number of H-pyrrole nitrogens is 1. The van der Waals surface area contributed by atoms with Gasteiger partial charge in [-0.2, -0.15) is 4.98 Å². The molecule has 148 valence electrons. The standard InChI is InChI=1S/C21H25FN4O2/c22-16-3-1-14(2-4-16)11-18-17-12-15(17)5-6-26(18)21-23-19(13-20(27)24-21)25-7-9-28-10-8-25/h1-4,13,15,17-18H,5-12H2,(H,23,24,27)/t15?,17-,18-/m0/s1. The molecule has 0 amide bonds. The molecule has 1 aromatic carbocycles. The highest BCUT2D eigenvalue weighted by Crippen LogP contribution is 2.50. The van der Waals surface area contributed by atoms with Crippen molar-refractivity contribution in [3.8, 4) is 0 Å². The number of piperidine rings is 1. The lowest BCUT2D eigenvalue weighted by Crippen LogP contribution is -2.45. The third kappa shape index (κ3) is 3.51. The quantitative estimate of drug-likeness (QED) is 0.876. The van der Waals surface area contributed by atoms with Crippen LogP contribution in [0.25, 0.3) is 0 Å². The Hall–Kier alpha value is -2.41. The van der Waals surface area contributed by atoms with E-state index in [0.717, 1.165) is 49.8 Å². The third-order valence-electron chi connectivity index (χ3n) is 6.29. The van der Waals surface area contributed by atoms with Crippen molar-refractivity contribution in [1.29, 1.82) is 0 Å². The summed E-state index contributed by atoms with van der Waals surface area (Å²) in [4.78, 5) is 24.5. The first-order chi connectivity index (χ1) is 13.7. The van der Waals surface area contributed by atoms with Gasteiger partial charge in [-0.25, -0.2) is 4.39 Å². The molecule has 0 bridgehead atoms. The molecule has 1 unspecified atom stereocenters. The van der Waals surface area contributed by atoms with E-state index in [1.807, 2.05) is 12.1 Å². The number of rotatable bonds is 4. The molecule has 7 heteroatoms. The van der Waals surface area contributed by atoms with Crippen molar-refractivity contribution < 1.29 is 9.13 Å². The Bertz CT molecular complexity index is 894. The number of anilines is 2. The van der Waals surface area contributed by atoms with Gasteiger partial charge in [0.2, 0.25) is 5.95 Å². The number of nitrogens with zero attached hydrogens (tertiary/aromatic N) is 3. The molecule has 1 aromatic heterocycles. The van der Waals surface area contributed by atoms with Gasteiger partial charge in [0.15, 0.2) is 0 Å². The predicted molar refractivity (Wildman–Crippen MR) is 105 cm³/mol. The minimum atomic E-state index is -0.210. The lowest BCUT2D eigenvalue weighted by molar-refractivity contribution is 0.122. The van der Waals surface area contributed by atoms with Gasteiger partial charge in [0, 0.05) is 31.7 Å². The van der Waals surface area contributed by atoms with E-state index in [1.54, 1.807) is 6.07 Å². The second-order valence-corrected chi connectivity index (χ2v) is 8.07. The number of hydrogen-bond acceptors (Lipinski definition) is 5. The van der Waals surface area contributed by atoms with Crippen LogP contribution in [0.5, 0.6) is 0 Å². The molecule has 0 spiro atoms. The number of fused-ring (bicyclic) bond motifs is 1. The van der Waals surface area contributed by atoms with Crippen molar-refractivity contribution >= 4 is 11.8 Å². The van der Waals surface area contributed by atoms with Crippen LogP contribution < -0.4 is 15.4 Å². The fourth-order valence-electron chi connectivity index (χ4n) is 4.69. The highest BCUT2D eigenvalue weighted by molar-refractivity contribution is 5.46. The average molecular weight is 384 g/mol. The van der Waals surface area contributed by atoms with E-state index in [4.69, 9.17) is 9.72 Å². The van der Waals surface area contributed by atoms with Crippen molar-refractivity contribution in [2.75, 3.05) is 42.6 Å². The second-order valence-electron chi connectivity index (χ2n) is 8.07. The lowest BCUT2D eigenvalue weighted by Gasteiger charge is -2.37. The Balaban J connectivity index is 1.43. The number of aromatic nitrogens is 2. The van der Waals surface area contributed by atoms with E-state index in [-0.39, 0.29) is 17.4 Å². The Morgan fingerprint density at radius 2 is 1.96 bits per heavy atom. The molecular formula is C21H25FN4O2. The normalized spacial score (nSPS) is 26.8. The van der Waals surface area contributed by atoms with E-state index in [2.05, 4.69) is 14.8 Å². The molecule has 2 aliphatic heterocycles. The van der Waals surface area contributed by atoms with Crippen LogP contribution in [0.15, 0.2) is 35.1 Å². The molecule has 0 radical (unpaired) electrons. The van der Waals surface area contributed by atoms with Crippen molar-refractivity contribution in [3.05, 3.63) is 52.1 Å². The zero-order chi connectivity index (χ0) is 19.1. The minimum absolute atomic E-state index is 0.120. The molecule has 3 atom stereocenters. The molecule has 28 heavy (non-hydrogen) atoms. The van der Waals surface area contributed by atoms with Crippen LogP contribution in [0.1, 0.15) is 18.4 Å². The molecule has 5 rings (SSSR count). The highest BCUT2D eigenvalue weighted by Gasteiger charge is 2.49. The molecule has 1 saturated carbocycles. The van der Waals surface area contributed by atoms with Gasteiger partial charge in [0.1, 0.15) is 11.6 Å². The summed E-state index contributed by atoms with van der Waals surface area (Å²) in [6.07, 6.45) is 3.21. The maximum absolute atomic E-state index is 13.3. The van der Waals surface area contributed by atoms with Gasteiger partial charge in [0.05, 0.1) is 13.2 Å². The van der Waals surface area contributed by atoms with Crippen LogP contribution in [0.4, 0.5) is 16.2 Å². The zero-order valence-corrected chi connectivity index (χ0v) is 15.8. The Morgan fingerprint density at radius 1 is 1.18 bits per heavy atom. The van der Waals surface area contributed by atoms with Crippen molar-refractivity contribution in [2.45, 2.75) is 25.3 Å². The van der Waals surface area contributed by atoms with E-state index < -0.39 is 0 Å². The van der Waals surface area contributed by atoms with Gasteiger partial charge in [-0.1, -0.05) is 12.1 Å². The number of halogens is 1. The predicted octanol–water partition coefficient (Wildman–Crippen LogP) is 2.20. The Morgan fingerprint density at radius 3 is 2.75 bits per heavy atom. The van der Waals surface area contributed by atoms with E-state index in [1.165, 1.54) is 18.6 Å². The first kappa shape index (κ1) is 17.7. The summed E-state index contributed by atoms with van der Waals surface area (Å²) in [7, 11) is 0. The summed E-state index contributed by atoms with van der Waals surface area (Å²) < 4.78 is 18.7. The maximum atomic E-state index is 13.3. The summed E-state index contributed by atoms with van der Waals surface area (Å²) in [5.74, 6) is 2.57. The molecule has 3 heterocycles. The molecule has 1 N–H and O–H groups in total. The van der Waals surface area contributed by atoms with Gasteiger partial charge in [-0.3, -0.25) is 9.78 Å². The van der Waals surface area contributed by atoms with Crippen LogP contribution in [0, 0.1) is 17.7 Å².